The standard InChI is InChI=1S/C9H8F2N2O/c10-8(11)14-9-12-5-6-3-1-2-4-7(6)13-9/h1-5,8-9,13H. The maximum absolute atomic E-state index is 11.9. The molecule has 2 rings (SSSR count). The van der Waals surface area contributed by atoms with Crippen molar-refractivity contribution in [2.75, 3.05) is 5.32 Å². The zero-order valence-electron chi connectivity index (χ0n) is 7.15. The third-order valence-corrected chi connectivity index (χ3v) is 1.82. The molecule has 0 spiro atoms. The van der Waals surface area contributed by atoms with Crippen molar-refractivity contribution in [3.63, 3.8) is 0 Å². The lowest BCUT2D eigenvalue weighted by molar-refractivity contribution is -0.152. The van der Waals surface area contributed by atoms with Gasteiger partial charge in [-0.05, 0) is 6.07 Å². The molecule has 0 aliphatic carbocycles. The molecular weight excluding hydrogens is 190 g/mol. The average Bonchev–Trinajstić information content (AvgIpc) is 2.17. The van der Waals surface area contributed by atoms with Gasteiger partial charge in [-0.25, -0.2) is 4.99 Å². The highest BCUT2D eigenvalue weighted by Gasteiger charge is 2.16. The van der Waals surface area contributed by atoms with Crippen LogP contribution in [0.1, 0.15) is 5.56 Å². The van der Waals surface area contributed by atoms with Crippen LogP contribution < -0.4 is 5.32 Å². The minimum atomic E-state index is -2.82. The van der Waals surface area contributed by atoms with Gasteiger partial charge < -0.3 is 5.32 Å². The van der Waals surface area contributed by atoms with Crippen molar-refractivity contribution in [1.29, 1.82) is 0 Å². The summed E-state index contributed by atoms with van der Waals surface area (Å²) in [7, 11) is 0. The Labute approximate surface area is 79.4 Å². The van der Waals surface area contributed by atoms with Gasteiger partial charge in [0.25, 0.3) is 0 Å². The van der Waals surface area contributed by atoms with Gasteiger partial charge in [-0.3, -0.25) is 4.74 Å². The topological polar surface area (TPSA) is 33.6 Å². The molecular formula is C9H8F2N2O. The summed E-state index contributed by atoms with van der Waals surface area (Å²) in [5.74, 6) is 0. The molecule has 1 aliphatic rings. The van der Waals surface area contributed by atoms with E-state index in [4.69, 9.17) is 0 Å². The number of alkyl halides is 2. The van der Waals surface area contributed by atoms with Gasteiger partial charge in [0.1, 0.15) is 0 Å². The summed E-state index contributed by atoms with van der Waals surface area (Å²) in [6.07, 6.45) is 0.517. The van der Waals surface area contributed by atoms with Crippen LogP contribution in [0.15, 0.2) is 29.3 Å². The Morgan fingerprint density at radius 2 is 2.14 bits per heavy atom. The Balaban J connectivity index is 2.13. The highest BCUT2D eigenvalue weighted by molar-refractivity contribution is 5.89. The fourth-order valence-corrected chi connectivity index (χ4v) is 1.23. The van der Waals surface area contributed by atoms with Crippen molar-refractivity contribution in [2.45, 2.75) is 13.0 Å². The second-order valence-electron chi connectivity index (χ2n) is 2.76. The van der Waals surface area contributed by atoms with Crippen LogP contribution in [0.4, 0.5) is 14.5 Å². The molecule has 1 N–H and O–H groups in total. The second kappa shape index (κ2) is 3.71. The largest absolute Gasteiger partial charge is 0.348 e. The number of ether oxygens (including phenoxy) is 1. The minimum Gasteiger partial charge on any atom is -0.341 e. The summed E-state index contributed by atoms with van der Waals surface area (Å²) in [5.41, 5.74) is 1.61. The number of halogens is 2. The lowest BCUT2D eigenvalue weighted by atomic mass is 10.2. The Hall–Kier alpha value is -1.49. The summed E-state index contributed by atoms with van der Waals surface area (Å²) in [5, 5.41) is 2.73. The van der Waals surface area contributed by atoms with Crippen LogP contribution in [-0.2, 0) is 4.74 Å². The zero-order valence-corrected chi connectivity index (χ0v) is 7.15. The number of rotatable bonds is 2. The minimum absolute atomic E-state index is 0.744. The predicted molar refractivity (Wildman–Crippen MR) is 48.5 cm³/mol. The molecule has 5 heteroatoms. The lowest BCUT2D eigenvalue weighted by Gasteiger charge is -2.20. The predicted octanol–water partition coefficient (Wildman–Crippen LogP) is 2.05. The van der Waals surface area contributed by atoms with Crippen molar-refractivity contribution in [1.82, 2.24) is 0 Å². The summed E-state index contributed by atoms with van der Waals surface area (Å²) >= 11 is 0. The third-order valence-electron chi connectivity index (χ3n) is 1.82. The molecule has 0 bridgehead atoms. The monoisotopic (exact) mass is 198 g/mol. The molecule has 1 aliphatic heterocycles. The number of hydrogen-bond acceptors (Lipinski definition) is 3. The fourth-order valence-electron chi connectivity index (χ4n) is 1.23. The van der Waals surface area contributed by atoms with E-state index in [0.29, 0.717) is 0 Å². The number of anilines is 1. The highest BCUT2D eigenvalue weighted by Crippen LogP contribution is 2.19. The smallest absolute Gasteiger partial charge is 0.341 e. The van der Waals surface area contributed by atoms with Gasteiger partial charge in [0.15, 0.2) is 0 Å². The van der Waals surface area contributed by atoms with E-state index < -0.39 is 13.0 Å². The van der Waals surface area contributed by atoms with E-state index in [1.807, 2.05) is 18.2 Å². The van der Waals surface area contributed by atoms with Gasteiger partial charge in [0.2, 0.25) is 6.35 Å². The van der Waals surface area contributed by atoms with Crippen molar-refractivity contribution in [3.8, 4) is 0 Å². The Bertz CT molecular complexity index is 354. The van der Waals surface area contributed by atoms with Crippen LogP contribution in [0.3, 0.4) is 0 Å². The molecule has 0 radical (unpaired) electrons. The highest BCUT2D eigenvalue weighted by atomic mass is 19.3. The number of benzene rings is 1. The number of nitrogens with one attached hydrogen (secondary N) is 1. The van der Waals surface area contributed by atoms with Crippen LogP contribution in [0, 0.1) is 0 Å². The van der Waals surface area contributed by atoms with Gasteiger partial charge in [-0.2, -0.15) is 8.78 Å². The first-order chi connectivity index (χ1) is 6.75. The van der Waals surface area contributed by atoms with Crippen molar-refractivity contribution in [2.24, 2.45) is 4.99 Å². The normalized spacial score (nSPS) is 19.2. The Kier molecular flexibility index (Phi) is 2.41. The van der Waals surface area contributed by atoms with Crippen LogP contribution in [0.2, 0.25) is 0 Å². The molecule has 1 atom stereocenters. The summed E-state index contributed by atoms with van der Waals surface area (Å²) < 4.78 is 27.9. The van der Waals surface area contributed by atoms with E-state index in [1.54, 1.807) is 6.07 Å². The number of nitrogens with zero attached hydrogens (tertiary/aromatic N) is 1. The van der Waals surface area contributed by atoms with E-state index in [2.05, 4.69) is 15.0 Å². The molecule has 0 fully saturated rings. The first kappa shape index (κ1) is 9.08. The number of aliphatic imine (C=N–C) groups is 1. The van der Waals surface area contributed by atoms with Crippen molar-refractivity contribution >= 4 is 11.9 Å². The van der Waals surface area contributed by atoms with Crippen molar-refractivity contribution in [3.05, 3.63) is 29.8 Å². The lowest BCUT2D eigenvalue weighted by Crippen LogP contribution is -2.26. The van der Waals surface area contributed by atoms with E-state index in [1.165, 1.54) is 6.21 Å². The maximum atomic E-state index is 11.9. The summed E-state index contributed by atoms with van der Waals surface area (Å²) in [4.78, 5) is 3.77. The van der Waals surface area contributed by atoms with Gasteiger partial charge in [-0.15, -0.1) is 0 Å². The van der Waals surface area contributed by atoms with Crippen molar-refractivity contribution < 1.29 is 13.5 Å². The van der Waals surface area contributed by atoms with E-state index in [-0.39, 0.29) is 0 Å². The second-order valence-corrected chi connectivity index (χ2v) is 2.76. The number of fused-ring (bicyclic) bond motifs is 1. The number of para-hydroxylation sites is 1. The third kappa shape index (κ3) is 1.88. The fraction of sp³-hybridized carbons (Fsp3) is 0.222. The van der Waals surface area contributed by atoms with Gasteiger partial charge in [0.05, 0.1) is 0 Å². The first-order valence-corrected chi connectivity index (χ1v) is 4.08. The number of hydrogen-bond donors (Lipinski definition) is 1. The average molecular weight is 198 g/mol. The molecule has 1 heterocycles. The zero-order chi connectivity index (χ0) is 9.97. The van der Waals surface area contributed by atoms with E-state index in [0.717, 1.165) is 11.3 Å². The Morgan fingerprint density at radius 1 is 1.36 bits per heavy atom. The van der Waals surface area contributed by atoms with E-state index in [9.17, 15) is 8.78 Å². The van der Waals surface area contributed by atoms with Gasteiger partial charge in [-0.1, -0.05) is 18.2 Å². The molecule has 14 heavy (non-hydrogen) atoms. The van der Waals surface area contributed by atoms with Crippen LogP contribution in [-0.4, -0.2) is 19.2 Å². The molecule has 1 unspecified atom stereocenters. The summed E-state index contributed by atoms with van der Waals surface area (Å²) in [6, 6.07) is 7.28. The molecule has 0 aromatic heterocycles. The molecule has 1 aromatic carbocycles. The van der Waals surface area contributed by atoms with Crippen LogP contribution in [0.5, 0.6) is 0 Å². The van der Waals surface area contributed by atoms with Gasteiger partial charge >= 0.3 is 6.61 Å². The van der Waals surface area contributed by atoms with Crippen LogP contribution >= 0.6 is 0 Å². The maximum Gasteiger partial charge on any atom is 0.348 e. The van der Waals surface area contributed by atoms with E-state index >= 15 is 0 Å². The molecule has 1 aromatic rings. The summed E-state index contributed by atoms with van der Waals surface area (Å²) in [6.45, 7) is -2.82. The first-order valence-electron chi connectivity index (χ1n) is 4.08. The quantitative estimate of drug-likeness (QED) is 0.789. The molecule has 74 valence electrons. The molecule has 0 saturated carbocycles. The van der Waals surface area contributed by atoms with Crippen LogP contribution in [0.25, 0.3) is 0 Å². The molecule has 0 saturated heterocycles. The van der Waals surface area contributed by atoms with Gasteiger partial charge in [0, 0.05) is 17.5 Å². The Morgan fingerprint density at radius 3 is 2.93 bits per heavy atom. The molecule has 0 amide bonds. The SMILES string of the molecule is FC(F)OC1N=Cc2ccccc2N1. The molecule has 3 nitrogen and oxygen atoms in total.